The number of ketones is 1. The Morgan fingerprint density at radius 2 is 1.94 bits per heavy atom. The molecule has 0 bridgehead atoms. The summed E-state index contributed by atoms with van der Waals surface area (Å²) in [6.07, 6.45) is 4.83. The molecule has 1 saturated carbocycles. The molecule has 0 saturated heterocycles. The van der Waals surface area contributed by atoms with Gasteiger partial charge in [-0.05, 0) is 71.1 Å². The van der Waals surface area contributed by atoms with E-state index >= 15 is 0 Å². The number of phenols is 1. The van der Waals surface area contributed by atoms with Crippen LogP contribution in [-0.2, 0) is 14.3 Å². The Bertz CT molecular complexity index is 1010. The van der Waals surface area contributed by atoms with E-state index in [9.17, 15) is 14.7 Å². The highest BCUT2D eigenvalue weighted by atomic mass is 79.9. The van der Waals surface area contributed by atoms with Crippen LogP contribution in [-0.4, -0.2) is 30.1 Å². The fourth-order valence-corrected chi connectivity index (χ4v) is 5.72. The summed E-state index contributed by atoms with van der Waals surface area (Å²) < 4.78 is 11.7. The van der Waals surface area contributed by atoms with Crippen molar-refractivity contribution in [2.24, 2.45) is 11.3 Å². The van der Waals surface area contributed by atoms with Gasteiger partial charge in [-0.2, -0.15) is 0 Å². The zero-order valence-electron chi connectivity index (χ0n) is 18.8. The van der Waals surface area contributed by atoms with Crippen molar-refractivity contribution in [3.8, 4) is 11.5 Å². The van der Waals surface area contributed by atoms with Crippen LogP contribution < -0.4 is 10.1 Å². The van der Waals surface area contributed by atoms with Gasteiger partial charge in [-0.25, -0.2) is 0 Å². The number of rotatable bonds is 4. The molecule has 4 rings (SSSR count). The van der Waals surface area contributed by atoms with Gasteiger partial charge in [-0.1, -0.05) is 20.4 Å². The number of phenolic OH excluding ortho intramolecular Hbond substituents is 1. The molecule has 0 amide bonds. The highest BCUT2D eigenvalue weighted by Crippen LogP contribution is 2.50. The summed E-state index contributed by atoms with van der Waals surface area (Å²) in [7, 11) is 1.47. The lowest BCUT2D eigenvalue weighted by Gasteiger charge is -2.42. The zero-order chi connectivity index (χ0) is 23.2. The fourth-order valence-electron chi connectivity index (χ4n) is 5.26. The molecule has 172 valence electrons. The van der Waals surface area contributed by atoms with Crippen LogP contribution in [0.1, 0.15) is 63.9 Å². The van der Waals surface area contributed by atoms with E-state index in [1.165, 1.54) is 7.11 Å². The molecule has 1 fully saturated rings. The second-order valence-electron chi connectivity index (χ2n) is 9.84. The number of aromatic hydroxyl groups is 1. The molecular weight excluding hydrogens is 474 g/mol. The summed E-state index contributed by atoms with van der Waals surface area (Å²) in [5.41, 5.74) is 2.46. The molecule has 1 aromatic rings. The van der Waals surface area contributed by atoms with E-state index in [0.29, 0.717) is 34.1 Å². The van der Waals surface area contributed by atoms with Crippen molar-refractivity contribution in [3.05, 3.63) is 45.7 Å². The number of nitrogens with one attached hydrogen (secondary N) is 1. The van der Waals surface area contributed by atoms with Crippen molar-refractivity contribution in [1.29, 1.82) is 0 Å². The predicted molar refractivity (Wildman–Crippen MR) is 124 cm³/mol. The summed E-state index contributed by atoms with van der Waals surface area (Å²) >= 11 is 3.38. The standard InChI is InChI=1S/C25H30BrNO5/c1-13-20(24(30)32-15-7-5-6-8-15)21(14-9-16(26)23(29)19(10-14)31-4)22-17(27-13)11-25(2,3)12-18(22)28/h9-10,15,20-21,27,29H,1,5-8,11-12H2,2-4H3. The highest BCUT2D eigenvalue weighted by Gasteiger charge is 2.47. The van der Waals surface area contributed by atoms with Crippen LogP contribution in [0.15, 0.2) is 40.2 Å². The molecule has 2 unspecified atom stereocenters. The Balaban J connectivity index is 1.83. The number of benzene rings is 1. The average molecular weight is 504 g/mol. The van der Waals surface area contributed by atoms with Crippen molar-refractivity contribution >= 4 is 27.7 Å². The van der Waals surface area contributed by atoms with Gasteiger partial charge in [-0.15, -0.1) is 0 Å². The van der Waals surface area contributed by atoms with Gasteiger partial charge < -0.3 is 19.9 Å². The first-order chi connectivity index (χ1) is 15.1. The van der Waals surface area contributed by atoms with Gasteiger partial charge in [0.25, 0.3) is 0 Å². The molecule has 1 aliphatic heterocycles. The molecule has 0 aromatic heterocycles. The third-order valence-electron chi connectivity index (χ3n) is 6.72. The number of allylic oxidation sites excluding steroid dienone is 2. The average Bonchev–Trinajstić information content (AvgIpc) is 3.20. The molecule has 3 aliphatic rings. The molecule has 7 heteroatoms. The van der Waals surface area contributed by atoms with Crippen molar-refractivity contribution in [1.82, 2.24) is 5.32 Å². The number of hydrogen-bond donors (Lipinski definition) is 2. The summed E-state index contributed by atoms with van der Waals surface area (Å²) in [6, 6.07) is 3.44. The number of Topliss-reactive ketones (excluding diaryl/α,β-unsaturated/α-hetero) is 1. The Hall–Kier alpha value is -2.28. The summed E-state index contributed by atoms with van der Waals surface area (Å²) in [5, 5.41) is 13.6. The van der Waals surface area contributed by atoms with E-state index in [-0.39, 0.29) is 34.8 Å². The van der Waals surface area contributed by atoms with Crippen LogP contribution in [0, 0.1) is 11.3 Å². The maximum absolute atomic E-state index is 13.4. The smallest absolute Gasteiger partial charge is 0.316 e. The summed E-state index contributed by atoms with van der Waals surface area (Å²) in [4.78, 5) is 26.8. The van der Waals surface area contributed by atoms with E-state index < -0.39 is 11.8 Å². The molecule has 0 radical (unpaired) electrons. The molecule has 0 spiro atoms. The maximum atomic E-state index is 13.4. The van der Waals surface area contributed by atoms with Crippen LogP contribution in [0.4, 0.5) is 0 Å². The lowest BCUT2D eigenvalue weighted by atomic mass is 9.66. The van der Waals surface area contributed by atoms with E-state index in [2.05, 4.69) is 41.7 Å². The van der Waals surface area contributed by atoms with E-state index in [0.717, 1.165) is 31.4 Å². The fraction of sp³-hybridized carbons (Fsp3) is 0.520. The van der Waals surface area contributed by atoms with Crippen LogP contribution >= 0.6 is 15.9 Å². The number of carbonyl (C=O) groups excluding carboxylic acids is 2. The Morgan fingerprint density at radius 3 is 2.59 bits per heavy atom. The summed E-state index contributed by atoms with van der Waals surface area (Å²) in [5.74, 6) is -1.43. The second kappa shape index (κ2) is 8.58. The first kappa shape index (κ1) is 22.9. The molecule has 2 N–H and O–H groups in total. The second-order valence-corrected chi connectivity index (χ2v) is 10.7. The van der Waals surface area contributed by atoms with Gasteiger partial charge in [-0.3, -0.25) is 9.59 Å². The largest absolute Gasteiger partial charge is 0.503 e. The summed E-state index contributed by atoms with van der Waals surface area (Å²) in [6.45, 7) is 8.29. The van der Waals surface area contributed by atoms with Gasteiger partial charge >= 0.3 is 5.97 Å². The topological polar surface area (TPSA) is 84.9 Å². The van der Waals surface area contributed by atoms with Crippen LogP contribution in [0.2, 0.25) is 0 Å². The molecule has 2 aliphatic carbocycles. The molecule has 1 heterocycles. The normalized spacial score (nSPS) is 25.4. The Morgan fingerprint density at radius 1 is 1.25 bits per heavy atom. The minimum Gasteiger partial charge on any atom is -0.503 e. The third kappa shape index (κ3) is 4.19. The van der Waals surface area contributed by atoms with Crippen molar-refractivity contribution in [2.75, 3.05) is 7.11 Å². The lowest BCUT2D eigenvalue weighted by molar-refractivity contribution is -0.153. The van der Waals surface area contributed by atoms with E-state index in [4.69, 9.17) is 9.47 Å². The third-order valence-corrected chi connectivity index (χ3v) is 7.32. The number of methoxy groups -OCH3 is 1. The lowest BCUT2D eigenvalue weighted by Crippen LogP contribution is -2.44. The first-order valence-electron chi connectivity index (χ1n) is 11.1. The Labute approximate surface area is 197 Å². The molecular formula is C25H30BrNO5. The monoisotopic (exact) mass is 503 g/mol. The van der Waals surface area contributed by atoms with E-state index in [1.807, 2.05) is 0 Å². The molecule has 6 nitrogen and oxygen atoms in total. The minimum absolute atomic E-state index is 0.0167. The van der Waals surface area contributed by atoms with Gasteiger partial charge in [0.15, 0.2) is 17.3 Å². The van der Waals surface area contributed by atoms with Gasteiger partial charge in [0.05, 0.1) is 11.6 Å². The first-order valence-corrected chi connectivity index (χ1v) is 11.9. The molecule has 1 aromatic carbocycles. The molecule has 2 atom stereocenters. The highest BCUT2D eigenvalue weighted by molar-refractivity contribution is 9.10. The molecule has 32 heavy (non-hydrogen) atoms. The van der Waals surface area contributed by atoms with E-state index in [1.54, 1.807) is 12.1 Å². The quantitative estimate of drug-likeness (QED) is 0.555. The number of esters is 1. The maximum Gasteiger partial charge on any atom is 0.316 e. The van der Waals surface area contributed by atoms with Crippen molar-refractivity contribution in [3.63, 3.8) is 0 Å². The SMILES string of the molecule is C=C1NC2=C(C(=O)CC(C)(C)C2)C(c2cc(Br)c(O)c(OC)c2)C1C(=O)OC1CCCC1. The van der Waals surface area contributed by atoms with Crippen LogP contribution in [0.3, 0.4) is 0 Å². The Kier molecular flexibility index (Phi) is 6.14. The van der Waals surface area contributed by atoms with Crippen molar-refractivity contribution < 1.29 is 24.2 Å². The number of hydrogen-bond acceptors (Lipinski definition) is 6. The van der Waals surface area contributed by atoms with Gasteiger partial charge in [0.1, 0.15) is 12.0 Å². The van der Waals surface area contributed by atoms with Gasteiger partial charge in [0, 0.05) is 29.3 Å². The predicted octanol–water partition coefficient (Wildman–Crippen LogP) is 5.11. The minimum atomic E-state index is -0.749. The van der Waals surface area contributed by atoms with Crippen LogP contribution in [0.5, 0.6) is 11.5 Å². The number of ether oxygens (including phenoxy) is 2. The number of halogens is 1. The van der Waals surface area contributed by atoms with Crippen molar-refractivity contribution in [2.45, 2.75) is 64.4 Å². The van der Waals surface area contributed by atoms with Gasteiger partial charge in [0.2, 0.25) is 0 Å². The zero-order valence-corrected chi connectivity index (χ0v) is 20.4. The van der Waals surface area contributed by atoms with Crippen LogP contribution in [0.25, 0.3) is 0 Å². The number of carbonyl (C=O) groups is 2.